The summed E-state index contributed by atoms with van der Waals surface area (Å²) in [6.07, 6.45) is 6.19. The smallest absolute Gasteiger partial charge is 0.109 e. The Morgan fingerprint density at radius 1 is 1.30 bits per heavy atom. The Labute approximate surface area is 131 Å². The van der Waals surface area contributed by atoms with E-state index in [0.717, 1.165) is 60.2 Å². The first kappa shape index (κ1) is 15.7. The number of nitrogens with one attached hydrogen (secondary N) is 1. The molecule has 0 bridgehead atoms. The number of hydrogen-bond acceptors (Lipinski definition) is 2. The van der Waals surface area contributed by atoms with Gasteiger partial charge in [0.1, 0.15) is 5.76 Å². The maximum Gasteiger partial charge on any atom is 0.109 e. The van der Waals surface area contributed by atoms with Crippen LogP contribution in [-0.2, 0) is 11.2 Å². The predicted octanol–water partition coefficient (Wildman–Crippen LogP) is 4.60. The van der Waals surface area contributed by atoms with E-state index in [2.05, 4.69) is 18.3 Å². The summed E-state index contributed by atoms with van der Waals surface area (Å²) in [5.41, 5.74) is 0.986. The van der Waals surface area contributed by atoms with Crippen molar-refractivity contribution in [1.29, 1.82) is 0 Å². The van der Waals surface area contributed by atoms with Gasteiger partial charge in [-0.1, -0.05) is 36.2 Å². The Bertz CT molecular complexity index is 453. The highest BCUT2D eigenvalue weighted by Gasteiger charge is 2.20. The van der Waals surface area contributed by atoms with Gasteiger partial charge in [0.2, 0.25) is 0 Å². The minimum Gasteiger partial charge on any atom is -0.497 e. The van der Waals surface area contributed by atoms with Crippen molar-refractivity contribution in [2.24, 2.45) is 0 Å². The van der Waals surface area contributed by atoms with E-state index in [1.165, 1.54) is 0 Å². The molecule has 0 aliphatic carbocycles. The lowest BCUT2D eigenvalue weighted by atomic mass is 10.0. The highest BCUT2D eigenvalue weighted by Crippen LogP contribution is 2.27. The van der Waals surface area contributed by atoms with Gasteiger partial charge in [-0.05, 0) is 56.0 Å². The lowest BCUT2D eigenvalue weighted by Gasteiger charge is -2.25. The Morgan fingerprint density at radius 3 is 2.65 bits per heavy atom. The summed E-state index contributed by atoms with van der Waals surface area (Å²) in [4.78, 5) is 0. The number of rotatable bonds is 6. The summed E-state index contributed by atoms with van der Waals surface area (Å²) >= 11 is 12.5. The van der Waals surface area contributed by atoms with Gasteiger partial charge in [-0.2, -0.15) is 0 Å². The van der Waals surface area contributed by atoms with Gasteiger partial charge in [0.15, 0.2) is 0 Å². The predicted molar refractivity (Wildman–Crippen MR) is 85.5 cm³/mol. The second-order valence-corrected chi connectivity index (χ2v) is 5.82. The minimum absolute atomic E-state index is 0.146. The molecule has 1 aromatic carbocycles. The minimum atomic E-state index is 0.146. The number of hydrogen-bond donors (Lipinski definition) is 1. The number of halogens is 2. The second kappa shape index (κ2) is 7.92. The number of ether oxygens (including phenoxy) is 1. The van der Waals surface area contributed by atoms with Gasteiger partial charge < -0.3 is 10.1 Å². The lowest BCUT2D eigenvalue weighted by Crippen LogP contribution is -2.35. The van der Waals surface area contributed by atoms with Gasteiger partial charge in [0, 0.05) is 10.0 Å². The number of benzene rings is 1. The fourth-order valence-electron chi connectivity index (χ4n) is 2.34. The van der Waals surface area contributed by atoms with Crippen LogP contribution in [0.4, 0.5) is 0 Å². The monoisotopic (exact) mass is 313 g/mol. The maximum absolute atomic E-state index is 6.27. The standard InChI is InChI=1S/C16H21Cl2NO/c1-2-9-19-15(16-8-3-4-10-20-16)11-12-13(17)6-5-7-14(12)18/h5-8,15,19H,2-4,9-11H2,1H3. The molecule has 1 heterocycles. The van der Waals surface area contributed by atoms with Crippen LogP contribution < -0.4 is 5.32 Å². The van der Waals surface area contributed by atoms with Crippen LogP contribution >= 0.6 is 23.2 Å². The molecule has 20 heavy (non-hydrogen) atoms. The van der Waals surface area contributed by atoms with Gasteiger partial charge in [-0.3, -0.25) is 0 Å². The van der Waals surface area contributed by atoms with E-state index in [9.17, 15) is 0 Å². The molecule has 1 N–H and O–H groups in total. The molecule has 0 amide bonds. The average molecular weight is 314 g/mol. The molecule has 2 rings (SSSR count). The third-order valence-electron chi connectivity index (χ3n) is 3.42. The first-order chi connectivity index (χ1) is 9.72. The fourth-order valence-corrected chi connectivity index (χ4v) is 2.89. The molecule has 0 radical (unpaired) electrons. The van der Waals surface area contributed by atoms with Crippen molar-refractivity contribution in [3.63, 3.8) is 0 Å². The Balaban J connectivity index is 2.16. The molecule has 1 unspecified atom stereocenters. The lowest BCUT2D eigenvalue weighted by molar-refractivity contribution is 0.167. The molecule has 0 spiro atoms. The number of allylic oxidation sites excluding steroid dienone is 1. The van der Waals surface area contributed by atoms with Crippen LogP contribution in [0, 0.1) is 0 Å². The molecule has 4 heteroatoms. The Kier molecular flexibility index (Phi) is 6.21. The molecule has 2 nitrogen and oxygen atoms in total. The summed E-state index contributed by atoms with van der Waals surface area (Å²) < 4.78 is 5.80. The first-order valence-corrected chi connectivity index (χ1v) is 7.97. The van der Waals surface area contributed by atoms with Gasteiger partial charge in [-0.25, -0.2) is 0 Å². The highest BCUT2D eigenvalue weighted by atomic mass is 35.5. The van der Waals surface area contributed by atoms with Crippen LogP contribution in [0.5, 0.6) is 0 Å². The van der Waals surface area contributed by atoms with Gasteiger partial charge in [-0.15, -0.1) is 0 Å². The van der Waals surface area contributed by atoms with Crippen LogP contribution in [0.15, 0.2) is 30.0 Å². The quantitative estimate of drug-likeness (QED) is 0.828. The van der Waals surface area contributed by atoms with E-state index in [1.54, 1.807) is 0 Å². The molecule has 110 valence electrons. The normalized spacial score (nSPS) is 16.4. The van der Waals surface area contributed by atoms with Crippen molar-refractivity contribution in [3.05, 3.63) is 45.6 Å². The van der Waals surface area contributed by atoms with Gasteiger partial charge in [0.05, 0.1) is 12.6 Å². The zero-order valence-electron chi connectivity index (χ0n) is 11.8. The molecule has 1 aromatic rings. The van der Waals surface area contributed by atoms with Crippen molar-refractivity contribution in [3.8, 4) is 0 Å². The van der Waals surface area contributed by atoms with E-state index in [4.69, 9.17) is 27.9 Å². The van der Waals surface area contributed by atoms with E-state index < -0.39 is 0 Å². The Hall–Kier alpha value is -0.700. The largest absolute Gasteiger partial charge is 0.497 e. The maximum atomic E-state index is 6.27. The van der Waals surface area contributed by atoms with Crippen LogP contribution in [0.1, 0.15) is 31.7 Å². The zero-order chi connectivity index (χ0) is 14.4. The molecule has 1 aliphatic rings. The average Bonchev–Trinajstić information content (AvgIpc) is 2.47. The second-order valence-electron chi connectivity index (χ2n) is 5.01. The third kappa shape index (κ3) is 4.15. The summed E-state index contributed by atoms with van der Waals surface area (Å²) in [6.45, 7) is 3.91. The molecule has 0 saturated carbocycles. The van der Waals surface area contributed by atoms with Crippen molar-refractivity contribution < 1.29 is 4.74 Å². The molecule has 0 saturated heterocycles. The van der Waals surface area contributed by atoms with Crippen LogP contribution in [0.25, 0.3) is 0 Å². The van der Waals surface area contributed by atoms with Crippen LogP contribution in [0.2, 0.25) is 10.0 Å². The molecule has 1 atom stereocenters. The topological polar surface area (TPSA) is 21.3 Å². The van der Waals surface area contributed by atoms with E-state index >= 15 is 0 Å². The Morgan fingerprint density at radius 2 is 2.05 bits per heavy atom. The summed E-state index contributed by atoms with van der Waals surface area (Å²) in [5.74, 6) is 1.03. The van der Waals surface area contributed by atoms with Crippen molar-refractivity contribution in [2.75, 3.05) is 13.2 Å². The zero-order valence-corrected chi connectivity index (χ0v) is 13.3. The van der Waals surface area contributed by atoms with Crippen LogP contribution in [-0.4, -0.2) is 19.2 Å². The molecular formula is C16H21Cl2NO. The van der Waals surface area contributed by atoms with Crippen molar-refractivity contribution in [1.82, 2.24) is 5.32 Å². The molecule has 0 aromatic heterocycles. The molecule has 1 aliphatic heterocycles. The van der Waals surface area contributed by atoms with E-state index in [0.29, 0.717) is 0 Å². The molecule has 0 fully saturated rings. The van der Waals surface area contributed by atoms with Crippen molar-refractivity contribution in [2.45, 2.75) is 38.6 Å². The van der Waals surface area contributed by atoms with Gasteiger partial charge in [0.25, 0.3) is 0 Å². The summed E-state index contributed by atoms with van der Waals surface area (Å²) in [5, 5.41) is 4.97. The summed E-state index contributed by atoms with van der Waals surface area (Å²) in [6, 6.07) is 5.79. The highest BCUT2D eigenvalue weighted by molar-refractivity contribution is 6.36. The third-order valence-corrected chi connectivity index (χ3v) is 4.13. The van der Waals surface area contributed by atoms with Crippen LogP contribution in [0.3, 0.4) is 0 Å². The van der Waals surface area contributed by atoms with Gasteiger partial charge >= 0.3 is 0 Å². The fraction of sp³-hybridized carbons (Fsp3) is 0.500. The SMILES string of the molecule is CCCNC(Cc1c(Cl)cccc1Cl)C1=CCCCO1. The summed E-state index contributed by atoms with van der Waals surface area (Å²) in [7, 11) is 0. The van der Waals surface area contributed by atoms with E-state index in [1.807, 2.05) is 18.2 Å². The first-order valence-electron chi connectivity index (χ1n) is 7.21. The van der Waals surface area contributed by atoms with E-state index in [-0.39, 0.29) is 6.04 Å². The van der Waals surface area contributed by atoms with Crippen molar-refractivity contribution >= 4 is 23.2 Å². The molecular weight excluding hydrogens is 293 g/mol.